The predicted octanol–water partition coefficient (Wildman–Crippen LogP) is 3.15. The van der Waals surface area contributed by atoms with E-state index in [-0.39, 0.29) is 5.78 Å². The highest BCUT2D eigenvalue weighted by Crippen LogP contribution is 2.19. The summed E-state index contributed by atoms with van der Waals surface area (Å²) in [6.45, 7) is 0. The minimum atomic E-state index is -0.145. The van der Waals surface area contributed by atoms with Crippen molar-refractivity contribution in [3.05, 3.63) is 77.9 Å². The first-order valence-corrected chi connectivity index (χ1v) is 5.63. The van der Waals surface area contributed by atoms with E-state index in [1.807, 2.05) is 36.4 Å². The van der Waals surface area contributed by atoms with Gasteiger partial charge in [-0.3, -0.25) is 9.59 Å². The third kappa shape index (κ3) is 2.61. The number of rotatable bonds is 4. The van der Waals surface area contributed by atoms with E-state index < -0.39 is 0 Å². The lowest BCUT2D eigenvalue weighted by Gasteiger charge is -2.05. The van der Waals surface area contributed by atoms with Crippen molar-refractivity contribution in [3.8, 4) is 0 Å². The standard InChI is InChI=1S/C16H12O2/c17-12-11-15(13-7-3-1-4-8-13)16(18)14-9-5-2-6-10-14/h1-12H/b15-11-. The molecule has 18 heavy (non-hydrogen) atoms. The van der Waals surface area contributed by atoms with Crippen molar-refractivity contribution in [1.82, 2.24) is 0 Å². The van der Waals surface area contributed by atoms with Crippen LogP contribution in [0.25, 0.3) is 5.57 Å². The molecule has 0 aliphatic carbocycles. The van der Waals surface area contributed by atoms with Gasteiger partial charge in [0, 0.05) is 11.1 Å². The first kappa shape index (κ1) is 12.0. The summed E-state index contributed by atoms with van der Waals surface area (Å²) in [7, 11) is 0. The van der Waals surface area contributed by atoms with Crippen LogP contribution in [0.1, 0.15) is 15.9 Å². The highest BCUT2D eigenvalue weighted by Gasteiger charge is 2.13. The van der Waals surface area contributed by atoms with Gasteiger partial charge in [-0.15, -0.1) is 0 Å². The van der Waals surface area contributed by atoms with Gasteiger partial charge in [0.1, 0.15) is 6.29 Å². The van der Waals surface area contributed by atoms with Crippen LogP contribution < -0.4 is 0 Å². The van der Waals surface area contributed by atoms with Crippen LogP contribution in [0.4, 0.5) is 0 Å². The lowest BCUT2D eigenvalue weighted by atomic mass is 9.97. The maximum atomic E-state index is 12.3. The van der Waals surface area contributed by atoms with E-state index in [0.717, 1.165) is 5.56 Å². The van der Waals surface area contributed by atoms with E-state index in [0.29, 0.717) is 17.4 Å². The third-order valence-corrected chi connectivity index (χ3v) is 2.60. The van der Waals surface area contributed by atoms with E-state index in [9.17, 15) is 9.59 Å². The number of ketones is 1. The Morgan fingerprint density at radius 1 is 0.778 bits per heavy atom. The predicted molar refractivity (Wildman–Crippen MR) is 71.3 cm³/mol. The van der Waals surface area contributed by atoms with Crippen molar-refractivity contribution >= 4 is 17.6 Å². The Morgan fingerprint density at radius 2 is 1.28 bits per heavy atom. The monoisotopic (exact) mass is 236 g/mol. The van der Waals surface area contributed by atoms with Crippen molar-refractivity contribution in [2.24, 2.45) is 0 Å². The van der Waals surface area contributed by atoms with Crippen molar-refractivity contribution in [2.45, 2.75) is 0 Å². The second-order valence-corrected chi connectivity index (χ2v) is 3.78. The molecule has 2 aromatic rings. The SMILES string of the molecule is O=C/C=C(\C(=O)c1ccccc1)c1ccccc1. The van der Waals surface area contributed by atoms with Crippen LogP contribution in [0, 0.1) is 0 Å². The van der Waals surface area contributed by atoms with Gasteiger partial charge in [-0.05, 0) is 11.6 Å². The molecule has 0 aliphatic heterocycles. The minimum absolute atomic E-state index is 0.145. The molecule has 2 heteroatoms. The van der Waals surface area contributed by atoms with Gasteiger partial charge in [-0.2, -0.15) is 0 Å². The molecule has 88 valence electrons. The molecule has 0 atom stereocenters. The Balaban J connectivity index is 2.42. The highest BCUT2D eigenvalue weighted by atomic mass is 16.1. The second kappa shape index (κ2) is 5.73. The van der Waals surface area contributed by atoms with Crippen molar-refractivity contribution in [1.29, 1.82) is 0 Å². The van der Waals surface area contributed by atoms with Crippen LogP contribution in [-0.2, 0) is 4.79 Å². The number of benzene rings is 2. The molecular weight excluding hydrogens is 224 g/mol. The average molecular weight is 236 g/mol. The quantitative estimate of drug-likeness (QED) is 0.464. The summed E-state index contributed by atoms with van der Waals surface area (Å²) in [4.78, 5) is 23.0. The Labute approximate surface area is 106 Å². The summed E-state index contributed by atoms with van der Waals surface area (Å²) in [5.74, 6) is -0.145. The Hall–Kier alpha value is -2.48. The smallest absolute Gasteiger partial charge is 0.193 e. The maximum Gasteiger partial charge on any atom is 0.193 e. The molecule has 0 bridgehead atoms. The molecular formula is C16H12O2. The van der Waals surface area contributed by atoms with E-state index in [2.05, 4.69) is 0 Å². The maximum absolute atomic E-state index is 12.3. The van der Waals surface area contributed by atoms with Crippen molar-refractivity contribution in [2.75, 3.05) is 0 Å². The Morgan fingerprint density at radius 3 is 1.78 bits per heavy atom. The van der Waals surface area contributed by atoms with Crippen LogP contribution in [0.15, 0.2) is 66.7 Å². The number of Topliss-reactive ketones (excluding diaryl/α,β-unsaturated/α-hetero) is 1. The molecule has 0 spiro atoms. The molecule has 2 rings (SSSR count). The van der Waals surface area contributed by atoms with Gasteiger partial charge in [0.2, 0.25) is 0 Å². The van der Waals surface area contributed by atoms with Crippen LogP contribution >= 0.6 is 0 Å². The van der Waals surface area contributed by atoms with Gasteiger partial charge in [0.25, 0.3) is 0 Å². The molecule has 0 fully saturated rings. The van der Waals surface area contributed by atoms with Crippen LogP contribution in [0.2, 0.25) is 0 Å². The lowest BCUT2D eigenvalue weighted by molar-refractivity contribution is -0.104. The zero-order valence-electron chi connectivity index (χ0n) is 9.74. The molecule has 0 saturated carbocycles. The number of carbonyl (C=O) groups is 2. The molecule has 2 nitrogen and oxygen atoms in total. The molecule has 0 aliphatic rings. The summed E-state index contributed by atoms with van der Waals surface area (Å²) in [6, 6.07) is 18.1. The summed E-state index contributed by atoms with van der Waals surface area (Å²) >= 11 is 0. The van der Waals surface area contributed by atoms with Crippen molar-refractivity contribution < 1.29 is 9.59 Å². The molecule has 0 radical (unpaired) electrons. The lowest BCUT2D eigenvalue weighted by Crippen LogP contribution is -2.02. The van der Waals surface area contributed by atoms with Crippen LogP contribution in [-0.4, -0.2) is 12.1 Å². The molecule has 0 unspecified atom stereocenters. The van der Waals surface area contributed by atoms with Gasteiger partial charge in [0.05, 0.1) is 0 Å². The summed E-state index contributed by atoms with van der Waals surface area (Å²) < 4.78 is 0. The summed E-state index contributed by atoms with van der Waals surface area (Å²) in [5, 5.41) is 0. The minimum Gasteiger partial charge on any atom is -0.299 e. The molecule has 2 aromatic carbocycles. The Bertz CT molecular complexity index is 569. The summed E-state index contributed by atoms with van der Waals surface area (Å²) in [6.07, 6.45) is 1.95. The van der Waals surface area contributed by atoms with E-state index in [1.54, 1.807) is 24.3 Å². The van der Waals surface area contributed by atoms with E-state index in [1.165, 1.54) is 6.08 Å². The molecule has 0 amide bonds. The van der Waals surface area contributed by atoms with Gasteiger partial charge >= 0.3 is 0 Å². The highest BCUT2D eigenvalue weighted by molar-refractivity contribution is 6.30. The van der Waals surface area contributed by atoms with Crippen molar-refractivity contribution in [3.63, 3.8) is 0 Å². The number of carbonyl (C=O) groups excluding carboxylic acids is 2. The number of hydrogen-bond donors (Lipinski definition) is 0. The zero-order valence-corrected chi connectivity index (χ0v) is 9.74. The molecule has 0 saturated heterocycles. The molecule has 0 N–H and O–H groups in total. The second-order valence-electron chi connectivity index (χ2n) is 3.78. The first-order valence-electron chi connectivity index (χ1n) is 5.63. The third-order valence-electron chi connectivity index (χ3n) is 2.60. The number of hydrogen-bond acceptors (Lipinski definition) is 2. The Kier molecular flexibility index (Phi) is 3.82. The zero-order chi connectivity index (χ0) is 12.8. The average Bonchev–Trinajstić information content (AvgIpc) is 2.46. The topological polar surface area (TPSA) is 34.1 Å². The van der Waals surface area contributed by atoms with Gasteiger partial charge < -0.3 is 0 Å². The fourth-order valence-corrected chi connectivity index (χ4v) is 1.73. The molecule has 0 heterocycles. The van der Waals surface area contributed by atoms with Gasteiger partial charge in [0.15, 0.2) is 5.78 Å². The molecule has 0 aromatic heterocycles. The fourth-order valence-electron chi connectivity index (χ4n) is 1.73. The normalized spacial score (nSPS) is 11.0. The fraction of sp³-hybridized carbons (Fsp3) is 0. The van der Waals surface area contributed by atoms with Crippen LogP contribution in [0.3, 0.4) is 0 Å². The van der Waals surface area contributed by atoms with E-state index >= 15 is 0 Å². The number of aldehydes is 1. The first-order chi connectivity index (χ1) is 8.83. The summed E-state index contributed by atoms with van der Waals surface area (Å²) in [5.41, 5.74) is 1.74. The van der Waals surface area contributed by atoms with Gasteiger partial charge in [-0.25, -0.2) is 0 Å². The van der Waals surface area contributed by atoms with Crippen LogP contribution in [0.5, 0.6) is 0 Å². The number of allylic oxidation sites excluding steroid dienone is 2. The van der Waals surface area contributed by atoms with E-state index in [4.69, 9.17) is 0 Å². The largest absolute Gasteiger partial charge is 0.299 e. The van der Waals surface area contributed by atoms with Gasteiger partial charge in [-0.1, -0.05) is 60.7 Å².